The van der Waals surface area contributed by atoms with Gasteiger partial charge in [-0.3, -0.25) is 0 Å². The van der Waals surface area contributed by atoms with Crippen LogP contribution in [-0.2, 0) is 22.9 Å². The molecule has 2 heterocycles. The van der Waals surface area contributed by atoms with Gasteiger partial charge in [0.05, 0.1) is 11.5 Å². The van der Waals surface area contributed by atoms with Crippen LogP contribution in [0.15, 0.2) is 41.3 Å². The number of fused-ring (bicyclic) bond motifs is 2. The Morgan fingerprint density at radius 3 is 2.54 bits per heavy atom. The number of nitrogens with zero attached hydrogens (tertiary/aromatic N) is 1. The van der Waals surface area contributed by atoms with Crippen molar-refractivity contribution in [3.05, 3.63) is 59.0 Å². The average Bonchev–Trinajstić information content (AvgIpc) is 3.37. The maximum Gasteiger partial charge on any atom is 0.417 e. The van der Waals surface area contributed by atoms with Crippen molar-refractivity contribution >= 4 is 20.9 Å². The lowest BCUT2D eigenvalue weighted by molar-refractivity contribution is -0.263. The van der Waals surface area contributed by atoms with E-state index in [-0.39, 0.29) is 16.2 Å². The third-order valence-corrected chi connectivity index (χ3v) is 8.20. The molecule has 2 N–H and O–H groups in total. The molecule has 0 bridgehead atoms. The average molecular weight is 515 g/mol. The summed E-state index contributed by atoms with van der Waals surface area (Å²) in [6.45, 7) is 1.82. The Balaban J connectivity index is 1.66. The van der Waals surface area contributed by atoms with Gasteiger partial charge in [0, 0.05) is 54.7 Å². The van der Waals surface area contributed by atoms with E-state index in [4.69, 9.17) is 4.74 Å². The van der Waals surface area contributed by atoms with Crippen LogP contribution in [0.2, 0.25) is 0 Å². The highest BCUT2D eigenvalue weighted by Crippen LogP contribution is 2.44. The van der Waals surface area contributed by atoms with Gasteiger partial charge in [0.15, 0.2) is 5.60 Å². The SMILES string of the molecule is CC(CC(O)(Cc1cc2cc(S(=O)(=O)N(C)C)ccc2[nH]1)C(F)(F)F)c1cc(F)cc2c1OCC2. The van der Waals surface area contributed by atoms with E-state index >= 15 is 0 Å². The molecule has 0 spiro atoms. The topological polar surface area (TPSA) is 82.6 Å². The normalized spacial score (nSPS) is 16.8. The number of alkyl halides is 3. The molecule has 3 aromatic rings. The van der Waals surface area contributed by atoms with Gasteiger partial charge in [-0.05, 0) is 48.7 Å². The second-order valence-electron chi connectivity index (χ2n) is 9.22. The van der Waals surface area contributed by atoms with E-state index in [0.717, 1.165) is 10.4 Å². The van der Waals surface area contributed by atoms with Gasteiger partial charge in [0.1, 0.15) is 11.6 Å². The molecule has 0 aliphatic carbocycles. The van der Waals surface area contributed by atoms with E-state index in [2.05, 4.69) is 4.98 Å². The Morgan fingerprint density at radius 1 is 1.17 bits per heavy atom. The molecular formula is C24H26F4N2O4S. The Hall–Kier alpha value is -2.63. The van der Waals surface area contributed by atoms with E-state index in [1.54, 1.807) is 0 Å². The number of ether oxygens (including phenoxy) is 1. The zero-order valence-corrected chi connectivity index (χ0v) is 20.2. The minimum absolute atomic E-state index is 0.000199. The summed E-state index contributed by atoms with van der Waals surface area (Å²) in [7, 11) is -0.964. The number of benzene rings is 2. The van der Waals surface area contributed by atoms with Crippen molar-refractivity contribution in [3.63, 3.8) is 0 Å². The summed E-state index contributed by atoms with van der Waals surface area (Å²) in [4.78, 5) is 2.84. The largest absolute Gasteiger partial charge is 0.493 e. The molecule has 0 radical (unpaired) electrons. The highest BCUT2D eigenvalue weighted by molar-refractivity contribution is 7.89. The van der Waals surface area contributed by atoms with E-state index in [1.807, 2.05) is 0 Å². The molecule has 0 amide bonds. The van der Waals surface area contributed by atoms with Crippen LogP contribution in [0.4, 0.5) is 17.6 Å². The summed E-state index contributed by atoms with van der Waals surface area (Å²) >= 11 is 0. The molecule has 6 nitrogen and oxygen atoms in total. The van der Waals surface area contributed by atoms with E-state index in [9.17, 15) is 31.1 Å². The highest BCUT2D eigenvalue weighted by atomic mass is 32.2. The molecule has 4 rings (SSSR count). The number of nitrogens with one attached hydrogen (secondary N) is 1. The van der Waals surface area contributed by atoms with Crippen LogP contribution in [0.3, 0.4) is 0 Å². The molecule has 1 aromatic heterocycles. The minimum atomic E-state index is -4.98. The first-order valence-electron chi connectivity index (χ1n) is 11.0. The predicted molar refractivity (Wildman–Crippen MR) is 123 cm³/mol. The number of aliphatic hydroxyl groups is 1. The first-order valence-corrected chi connectivity index (χ1v) is 12.4. The van der Waals surface area contributed by atoms with Crippen molar-refractivity contribution in [2.24, 2.45) is 0 Å². The molecule has 0 saturated carbocycles. The number of rotatable bonds is 7. The quantitative estimate of drug-likeness (QED) is 0.454. The van der Waals surface area contributed by atoms with Crippen LogP contribution < -0.4 is 4.74 Å². The van der Waals surface area contributed by atoms with Crippen molar-refractivity contribution in [2.45, 2.75) is 48.8 Å². The fraction of sp³-hybridized carbons (Fsp3) is 0.417. The summed E-state index contributed by atoms with van der Waals surface area (Å²) < 4.78 is 87.8. The standard InChI is InChI=1S/C24H26F4N2O4S/c1-14(20-11-17(25)8-15-6-7-34-22(15)20)12-23(31,24(26,27)28)13-18-9-16-10-19(4-5-21(16)29-18)35(32,33)30(2)3/h4-5,8-11,14,29,31H,6-7,12-13H2,1-3H3. The van der Waals surface area contributed by atoms with E-state index in [1.165, 1.54) is 51.4 Å². The number of hydrogen-bond acceptors (Lipinski definition) is 4. The number of sulfonamides is 1. The summed E-state index contributed by atoms with van der Waals surface area (Å²) in [5, 5.41) is 11.3. The Morgan fingerprint density at radius 2 is 1.89 bits per heavy atom. The second-order valence-corrected chi connectivity index (χ2v) is 11.4. The Bertz CT molecular complexity index is 1370. The van der Waals surface area contributed by atoms with E-state index in [0.29, 0.717) is 35.2 Å². The Kier molecular flexibility index (Phi) is 6.40. The van der Waals surface area contributed by atoms with Gasteiger partial charge in [-0.25, -0.2) is 17.1 Å². The van der Waals surface area contributed by atoms with Gasteiger partial charge in [0.25, 0.3) is 0 Å². The summed E-state index contributed by atoms with van der Waals surface area (Å²) in [5.74, 6) is -1.04. The summed E-state index contributed by atoms with van der Waals surface area (Å²) in [5.41, 5.74) is -1.71. The van der Waals surface area contributed by atoms with Gasteiger partial charge < -0.3 is 14.8 Å². The molecule has 2 aromatic carbocycles. The number of H-pyrrole nitrogens is 1. The third kappa shape index (κ3) is 4.76. The van der Waals surface area contributed by atoms with Crippen LogP contribution in [0.5, 0.6) is 5.75 Å². The first-order chi connectivity index (χ1) is 16.2. The van der Waals surface area contributed by atoms with Crippen molar-refractivity contribution in [2.75, 3.05) is 20.7 Å². The van der Waals surface area contributed by atoms with Crippen LogP contribution in [0.1, 0.15) is 36.1 Å². The van der Waals surface area contributed by atoms with E-state index < -0.39 is 46.4 Å². The minimum Gasteiger partial charge on any atom is -0.493 e. The number of aromatic nitrogens is 1. The predicted octanol–water partition coefficient (Wildman–Crippen LogP) is 4.52. The fourth-order valence-corrected chi connectivity index (χ4v) is 5.46. The van der Waals surface area contributed by atoms with Gasteiger partial charge in [-0.15, -0.1) is 0 Å². The smallest absolute Gasteiger partial charge is 0.417 e. The fourth-order valence-electron chi connectivity index (χ4n) is 4.52. The lowest BCUT2D eigenvalue weighted by Crippen LogP contribution is -2.48. The number of aromatic amines is 1. The summed E-state index contributed by atoms with van der Waals surface area (Å²) in [6.07, 6.45) is -6.01. The molecule has 0 saturated heterocycles. The van der Waals surface area contributed by atoms with Crippen LogP contribution >= 0.6 is 0 Å². The van der Waals surface area contributed by atoms with Crippen molar-refractivity contribution < 1.29 is 35.8 Å². The molecule has 2 unspecified atom stereocenters. The highest BCUT2D eigenvalue weighted by Gasteiger charge is 2.54. The van der Waals surface area contributed by atoms with Crippen LogP contribution in [0, 0.1) is 5.82 Å². The monoisotopic (exact) mass is 514 g/mol. The van der Waals surface area contributed by atoms with Crippen molar-refractivity contribution in [1.29, 1.82) is 0 Å². The van der Waals surface area contributed by atoms with Gasteiger partial charge in [-0.2, -0.15) is 13.2 Å². The zero-order chi connectivity index (χ0) is 25.8. The second kappa shape index (κ2) is 8.79. The molecule has 1 aliphatic heterocycles. The molecular weight excluding hydrogens is 488 g/mol. The van der Waals surface area contributed by atoms with Crippen molar-refractivity contribution in [3.8, 4) is 5.75 Å². The van der Waals surface area contributed by atoms with Crippen LogP contribution in [-0.4, -0.2) is 55.3 Å². The zero-order valence-electron chi connectivity index (χ0n) is 19.4. The molecule has 11 heteroatoms. The van der Waals surface area contributed by atoms with Crippen molar-refractivity contribution in [1.82, 2.24) is 9.29 Å². The molecule has 2 atom stereocenters. The van der Waals surface area contributed by atoms with Gasteiger partial charge >= 0.3 is 6.18 Å². The maximum atomic E-state index is 14.1. The molecule has 1 aliphatic rings. The molecule has 35 heavy (non-hydrogen) atoms. The Labute approximate surface area is 200 Å². The van der Waals surface area contributed by atoms with Crippen LogP contribution in [0.25, 0.3) is 10.9 Å². The third-order valence-electron chi connectivity index (χ3n) is 6.39. The summed E-state index contributed by atoms with van der Waals surface area (Å²) in [6, 6.07) is 8.06. The molecule has 0 fully saturated rings. The molecule has 190 valence electrons. The van der Waals surface area contributed by atoms with Gasteiger partial charge in [0.2, 0.25) is 10.0 Å². The number of hydrogen-bond donors (Lipinski definition) is 2. The van der Waals surface area contributed by atoms with Gasteiger partial charge in [-0.1, -0.05) is 6.92 Å². The lowest BCUT2D eigenvalue weighted by Gasteiger charge is -2.33. The first kappa shape index (κ1) is 25.5. The lowest BCUT2D eigenvalue weighted by atomic mass is 9.83. The maximum absolute atomic E-state index is 14.1. The number of halogens is 4.